The van der Waals surface area contributed by atoms with E-state index >= 15 is 0 Å². The van der Waals surface area contributed by atoms with Crippen molar-refractivity contribution in [3.05, 3.63) is 56.6 Å². The molecule has 0 bridgehead atoms. The van der Waals surface area contributed by atoms with Gasteiger partial charge in [-0.2, -0.15) is 11.3 Å². The second-order valence-electron chi connectivity index (χ2n) is 4.10. The molecule has 0 fully saturated rings. The summed E-state index contributed by atoms with van der Waals surface area (Å²) < 4.78 is 0. The van der Waals surface area contributed by atoms with Gasteiger partial charge in [-0.1, -0.05) is 6.07 Å². The highest BCUT2D eigenvalue weighted by Gasteiger charge is 2.10. The largest absolute Gasteiger partial charge is 0.385 e. The number of aromatic amines is 1. The van der Waals surface area contributed by atoms with Gasteiger partial charge in [0.15, 0.2) is 0 Å². The minimum absolute atomic E-state index is 0.0723. The van der Waals surface area contributed by atoms with Crippen molar-refractivity contribution >= 4 is 17.2 Å². The smallest absolute Gasteiger partial charge is 0.248 e. The molecule has 2 rings (SSSR count). The fourth-order valence-corrected chi connectivity index (χ4v) is 2.29. The van der Waals surface area contributed by atoms with Crippen LogP contribution >= 0.6 is 11.3 Å². The van der Waals surface area contributed by atoms with Crippen molar-refractivity contribution in [3.8, 4) is 0 Å². The van der Waals surface area contributed by atoms with Gasteiger partial charge in [0, 0.05) is 18.3 Å². The van der Waals surface area contributed by atoms with E-state index in [2.05, 4.69) is 10.3 Å². The van der Waals surface area contributed by atoms with E-state index in [4.69, 9.17) is 0 Å². The van der Waals surface area contributed by atoms with Crippen molar-refractivity contribution in [2.24, 2.45) is 0 Å². The third-order valence-corrected chi connectivity index (χ3v) is 3.32. The van der Waals surface area contributed by atoms with Crippen molar-refractivity contribution in [1.29, 1.82) is 0 Å². The quantitative estimate of drug-likeness (QED) is 0.757. The molecule has 5 nitrogen and oxygen atoms in total. The minimum atomic E-state index is -0.916. The Morgan fingerprint density at radius 2 is 2.26 bits per heavy atom. The number of pyridine rings is 1. The van der Waals surface area contributed by atoms with Crippen LogP contribution in [0, 0.1) is 0 Å². The van der Waals surface area contributed by atoms with Crippen LogP contribution in [0.4, 0.5) is 0 Å². The average Bonchev–Trinajstić information content (AvgIpc) is 2.88. The average molecular weight is 278 g/mol. The minimum Gasteiger partial charge on any atom is -0.385 e. The van der Waals surface area contributed by atoms with Gasteiger partial charge < -0.3 is 15.4 Å². The molecule has 0 aliphatic rings. The summed E-state index contributed by atoms with van der Waals surface area (Å²) in [6, 6.07) is 6.42. The first-order valence-corrected chi connectivity index (χ1v) is 6.74. The maximum absolute atomic E-state index is 11.6. The van der Waals surface area contributed by atoms with Gasteiger partial charge in [0.05, 0.1) is 6.42 Å². The first-order chi connectivity index (χ1) is 9.15. The van der Waals surface area contributed by atoms with Gasteiger partial charge >= 0.3 is 0 Å². The summed E-state index contributed by atoms with van der Waals surface area (Å²) in [6.45, 7) is 0.0723. The van der Waals surface area contributed by atoms with Gasteiger partial charge in [0.25, 0.3) is 0 Å². The number of carbonyl (C=O) groups excluding carboxylic acids is 1. The number of hydrogen-bond donors (Lipinski definition) is 3. The van der Waals surface area contributed by atoms with Crippen molar-refractivity contribution in [2.45, 2.75) is 12.5 Å². The van der Waals surface area contributed by atoms with Crippen molar-refractivity contribution in [3.63, 3.8) is 0 Å². The van der Waals surface area contributed by atoms with Crippen LogP contribution in [0.2, 0.25) is 0 Å². The zero-order valence-corrected chi connectivity index (χ0v) is 10.9. The van der Waals surface area contributed by atoms with E-state index in [1.54, 1.807) is 12.1 Å². The SMILES string of the molecule is O=C(Cc1ccsc1)NCC(O)c1cccc(=O)[nH]1. The number of H-pyrrole nitrogens is 1. The summed E-state index contributed by atoms with van der Waals surface area (Å²) in [5.41, 5.74) is 1.06. The number of rotatable bonds is 5. The standard InChI is InChI=1S/C13H14N2O3S/c16-11(10-2-1-3-12(17)15-10)7-14-13(18)6-9-4-5-19-8-9/h1-5,8,11,16H,6-7H2,(H,14,18)(H,15,17). The van der Waals surface area contributed by atoms with Gasteiger partial charge in [-0.25, -0.2) is 0 Å². The number of amides is 1. The van der Waals surface area contributed by atoms with Crippen LogP contribution < -0.4 is 10.9 Å². The highest BCUT2D eigenvalue weighted by molar-refractivity contribution is 7.07. The molecule has 2 aromatic rings. The summed E-state index contributed by atoms with van der Waals surface area (Å²) in [4.78, 5) is 25.2. The highest BCUT2D eigenvalue weighted by atomic mass is 32.1. The Morgan fingerprint density at radius 1 is 1.42 bits per heavy atom. The Balaban J connectivity index is 1.85. The van der Waals surface area contributed by atoms with E-state index in [0.29, 0.717) is 12.1 Å². The number of carbonyl (C=O) groups is 1. The van der Waals surface area contributed by atoms with E-state index < -0.39 is 6.10 Å². The third-order valence-electron chi connectivity index (χ3n) is 2.59. The predicted octanol–water partition coefficient (Wildman–Crippen LogP) is 0.829. The predicted molar refractivity (Wildman–Crippen MR) is 73.1 cm³/mol. The van der Waals surface area contributed by atoms with Crippen molar-refractivity contribution in [1.82, 2.24) is 10.3 Å². The zero-order chi connectivity index (χ0) is 13.7. The van der Waals surface area contributed by atoms with Gasteiger partial charge in [0.1, 0.15) is 6.10 Å². The molecule has 0 aromatic carbocycles. The summed E-state index contributed by atoms with van der Waals surface area (Å²) in [5.74, 6) is -0.157. The van der Waals surface area contributed by atoms with Crippen LogP contribution in [0.5, 0.6) is 0 Å². The van der Waals surface area contributed by atoms with Gasteiger partial charge in [0.2, 0.25) is 11.5 Å². The molecule has 1 amide bonds. The molecule has 2 heterocycles. The van der Waals surface area contributed by atoms with Crippen LogP contribution in [0.25, 0.3) is 0 Å². The normalized spacial score (nSPS) is 12.1. The molecule has 0 spiro atoms. The van der Waals surface area contributed by atoms with Gasteiger partial charge in [-0.05, 0) is 28.5 Å². The first kappa shape index (κ1) is 13.5. The van der Waals surface area contributed by atoms with Crippen molar-refractivity contribution in [2.75, 3.05) is 6.54 Å². The molecule has 1 atom stereocenters. The fraction of sp³-hybridized carbons (Fsp3) is 0.231. The first-order valence-electron chi connectivity index (χ1n) is 5.80. The van der Waals surface area contributed by atoms with Gasteiger partial charge in [-0.15, -0.1) is 0 Å². The Labute approximate surface area is 113 Å². The molecule has 0 aliphatic heterocycles. The number of thiophene rings is 1. The molecule has 0 radical (unpaired) electrons. The number of nitrogens with one attached hydrogen (secondary N) is 2. The maximum atomic E-state index is 11.6. The molecule has 19 heavy (non-hydrogen) atoms. The molecule has 0 aliphatic carbocycles. The van der Waals surface area contributed by atoms with Crippen LogP contribution in [0.1, 0.15) is 17.4 Å². The van der Waals surface area contributed by atoms with Crippen LogP contribution in [-0.4, -0.2) is 22.5 Å². The number of aliphatic hydroxyl groups is 1. The Kier molecular flexibility index (Phi) is 4.48. The lowest BCUT2D eigenvalue weighted by Crippen LogP contribution is -2.30. The summed E-state index contributed by atoms with van der Waals surface area (Å²) in [7, 11) is 0. The molecule has 2 aromatic heterocycles. The molecule has 0 saturated heterocycles. The molecular formula is C13H14N2O3S. The maximum Gasteiger partial charge on any atom is 0.248 e. The lowest BCUT2D eigenvalue weighted by atomic mass is 10.2. The molecule has 1 unspecified atom stereocenters. The fourth-order valence-electron chi connectivity index (χ4n) is 1.62. The number of hydrogen-bond acceptors (Lipinski definition) is 4. The molecule has 100 valence electrons. The van der Waals surface area contributed by atoms with Crippen LogP contribution in [-0.2, 0) is 11.2 Å². The van der Waals surface area contributed by atoms with E-state index in [-0.39, 0.29) is 18.0 Å². The van der Waals surface area contributed by atoms with Crippen molar-refractivity contribution < 1.29 is 9.90 Å². The zero-order valence-electron chi connectivity index (χ0n) is 10.1. The highest BCUT2D eigenvalue weighted by Crippen LogP contribution is 2.08. The molecule has 3 N–H and O–H groups in total. The second-order valence-corrected chi connectivity index (χ2v) is 4.88. The second kappa shape index (κ2) is 6.31. The Bertz CT molecular complexity index is 592. The molecule has 6 heteroatoms. The summed E-state index contributed by atoms with van der Waals surface area (Å²) in [5, 5.41) is 16.3. The van der Waals surface area contributed by atoms with Gasteiger partial charge in [-0.3, -0.25) is 9.59 Å². The lowest BCUT2D eigenvalue weighted by Gasteiger charge is -2.11. The molecular weight excluding hydrogens is 264 g/mol. The van der Waals surface area contributed by atoms with E-state index in [9.17, 15) is 14.7 Å². The van der Waals surface area contributed by atoms with E-state index in [1.807, 2.05) is 16.8 Å². The van der Waals surface area contributed by atoms with Crippen LogP contribution in [0.15, 0.2) is 39.8 Å². The molecule has 0 saturated carbocycles. The summed E-state index contributed by atoms with van der Waals surface area (Å²) >= 11 is 1.54. The summed E-state index contributed by atoms with van der Waals surface area (Å²) in [6.07, 6.45) is -0.623. The Hall–Kier alpha value is -1.92. The van der Waals surface area contributed by atoms with E-state index in [1.165, 1.54) is 17.4 Å². The third kappa shape index (κ3) is 4.04. The topological polar surface area (TPSA) is 82.2 Å². The number of aromatic nitrogens is 1. The lowest BCUT2D eigenvalue weighted by molar-refractivity contribution is -0.120. The van der Waals surface area contributed by atoms with E-state index in [0.717, 1.165) is 5.56 Å². The number of aliphatic hydroxyl groups excluding tert-OH is 1. The van der Waals surface area contributed by atoms with Crippen LogP contribution in [0.3, 0.4) is 0 Å². The monoisotopic (exact) mass is 278 g/mol. The Morgan fingerprint density at radius 3 is 2.95 bits per heavy atom.